The molecule has 0 aliphatic carbocycles. The number of likely N-dealkylation sites (tertiary alicyclic amines) is 1. The summed E-state index contributed by atoms with van der Waals surface area (Å²) in [6.07, 6.45) is 3.64. The van der Waals surface area contributed by atoms with E-state index in [9.17, 15) is 9.90 Å². The first kappa shape index (κ1) is 21.6. The Morgan fingerprint density at radius 1 is 1.17 bits per heavy atom. The van der Waals surface area contributed by atoms with E-state index in [2.05, 4.69) is 43.0 Å². The van der Waals surface area contributed by atoms with Crippen LogP contribution in [-0.2, 0) is 11.3 Å². The minimum absolute atomic E-state index is 0.285. The van der Waals surface area contributed by atoms with Crippen molar-refractivity contribution >= 4 is 5.91 Å². The summed E-state index contributed by atoms with van der Waals surface area (Å²) < 4.78 is 5.39. The number of hydrogen-bond donors (Lipinski definition) is 1. The van der Waals surface area contributed by atoms with E-state index in [0.29, 0.717) is 30.6 Å². The fourth-order valence-electron chi connectivity index (χ4n) is 4.07. The normalized spacial score (nSPS) is 16.5. The van der Waals surface area contributed by atoms with Crippen molar-refractivity contribution < 1.29 is 14.3 Å². The van der Waals surface area contributed by atoms with Crippen molar-refractivity contribution in [3.8, 4) is 0 Å². The number of benzene rings is 1. The molecule has 2 aromatic rings. The van der Waals surface area contributed by atoms with Crippen LogP contribution >= 0.6 is 0 Å². The molecule has 3 rings (SSSR count). The van der Waals surface area contributed by atoms with E-state index in [0.717, 1.165) is 39.0 Å². The van der Waals surface area contributed by atoms with Crippen LogP contribution in [-0.4, -0.2) is 47.0 Å². The summed E-state index contributed by atoms with van der Waals surface area (Å²) in [6, 6.07) is 14.0. The molecular formula is C24H34N2O3. The molecule has 1 aromatic heterocycles. The number of nitrogens with zero attached hydrogens (tertiary/aromatic N) is 2. The van der Waals surface area contributed by atoms with Crippen LogP contribution in [0.1, 0.15) is 50.5 Å². The Balaban J connectivity index is 1.57. The van der Waals surface area contributed by atoms with Gasteiger partial charge in [0.1, 0.15) is 11.9 Å². The molecule has 0 unspecified atom stereocenters. The van der Waals surface area contributed by atoms with Gasteiger partial charge in [-0.25, -0.2) is 0 Å². The number of aliphatic hydroxyl groups is 1. The lowest BCUT2D eigenvalue weighted by molar-refractivity contribution is -0.133. The molecule has 5 nitrogen and oxygen atoms in total. The Kier molecular flexibility index (Phi) is 7.90. The molecule has 29 heavy (non-hydrogen) atoms. The number of hydrogen-bond acceptors (Lipinski definition) is 4. The van der Waals surface area contributed by atoms with Crippen LogP contribution in [0.5, 0.6) is 0 Å². The predicted octanol–water partition coefficient (Wildman–Crippen LogP) is 4.10. The second-order valence-electron chi connectivity index (χ2n) is 8.63. The highest BCUT2D eigenvalue weighted by atomic mass is 16.4. The average molecular weight is 399 g/mol. The highest BCUT2D eigenvalue weighted by molar-refractivity contribution is 5.76. The number of piperidine rings is 1. The van der Waals surface area contributed by atoms with Gasteiger partial charge in [-0.05, 0) is 42.4 Å². The summed E-state index contributed by atoms with van der Waals surface area (Å²) in [5, 5.41) is 10.6. The standard InChI is InChI=1S/C24H34N2O3/c1-19(2)15-24(28)26-12-10-21(11-13-26)17-25(16-20-7-4-3-5-8-20)18-22(27)23-9-6-14-29-23/h3-9,14,19,21-22,27H,10-13,15-18H2,1-2H3/t22-/m1/s1. The molecule has 0 spiro atoms. The summed E-state index contributed by atoms with van der Waals surface area (Å²) >= 11 is 0. The zero-order chi connectivity index (χ0) is 20.6. The molecule has 0 bridgehead atoms. The van der Waals surface area contributed by atoms with Gasteiger partial charge in [-0.1, -0.05) is 44.2 Å². The van der Waals surface area contributed by atoms with E-state index < -0.39 is 6.10 Å². The van der Waals surface area contributed by atoms with Crippen LogP contribution in [0.3, 0.4) is 0 Å². The van der Waals surface area contributed by atoms with Crippen LogP contribution in [0.15, 0.2) is 53.1 Å². The lowest BCUT2D eigenvalue weighted by Crippen LogP contribution is -2.42. The molecule has 1 amide bonds. The van der Waals surface area contributed by atoms with E-state index in [1.807, 2.05) is 23.1 Å². The van der Waals surface area contributed by atoms with Crippen LogP contribution in [0, 0.1) is 11.8 Å². The second kappa shape index (κ2) is 10.6. The smallest absolute Gasteiger partial charge is 0.222 e. The fraction of sp³-hybridized carbons (Fsp3) is 0.542. The summed E-state index contributed by atoms with van der Waals surface area (Å²) in [5.74, 6) is 1.83. The lowest BCUT2D eigenvalue weighted by Gasteiger charge is -2.35. The van der Waals surface area contributed by atoms with Crippen molar-refractivity contribution in [2.45, 2.75) is 45.8 Å². The van der Waals surface area contributed by atoms with Gasteiger partial charge in [0.2, 0.25) is 5.91 Å². The van der Waals surface area contributed by atoms with Crippen molar-refractivity contribution in [1.29, 1.82) is 0 Å². The van der Waals surface area contributed by atoms with Gasteiger partial charge in [-0.3, -0.25) is 9.69 Å². The van der Waals surface area contributed by atoms with E-state index in [-0.39, 0.29) is 5.91 Å². The summed E-state index contributed by atoms with van der Waals surface area (Å²) in [5.41, 5.74) is 1.24. The Labute approximate surface area is 174 Å². The van der Waals surface area contributed by atoms with Gasteiger partial charge in [0, 0.05) is 39.1 Å². The average Bonchev–Trinajstić information content (AvgIpc) is 3.24. The molecule has 1 aliphatic heterocycles. The van der Waals surface area contributed by atoms with Gasteiger partial charge >= 0.3 is 0 Å². The molecule has 1 aliphatic rings. The first-order valence-electron chi connectivity index (χ1n) is 10.8. The van der Waals surface area contributed by atoms with Gasteiger partial charge in [0.15, 0.2) is 0 Å². The molecule has 1 atom stereocenters. The van der Waals surface area contributed by atoms with E-state index in [1.165, 1.54) is 5.56 Å². The largest absolute Gasteiger partial charge is 0.467 e. The molecule has 158 valence electrons. The maximum atomic E-state index is 12.3. The Morgan fingerprint density at radius 2 is 1.90 bits per heavy atom. The predicted molar refractivity (Wildman–Crippen MR) is 114 cm³/mol. The van der Waals surface area contributed by atoms with Gasteiger partial charge in [0.25, 0.3) is 0 Å². The van der Waals surface area contributed by atoms with Gasteiger partial charge in [-0.2, -0.15) is 0 Å². The zero-order valence-corrected chi connectivity index (χ0v) is 17.7. The number of furan rings is 1. The number of carbonyl (C=O) groups is 1. The molecule has 2 heterocycles. The number of aliphatic hydroxyl groups excluding tert-OH is 1. The SMILES string of the molecule is CC(C)CC(=O)N1CCC(CN(Cc2ccccc2)C[C@@H](O)c2ccco2)CC1. The van der Waals surface area contributed by atoms with Crippen molar-refractivity contribution in [1.82, 2.24) is 9.80 Å². The molecule has 5 heteroatoms. The van der Waals surface area contributed by atoms with Crippen LogP contribution in [0.25, 0.3) is 0 Å². The highest BCUT2D eigenvalue weighted by Gasteiger charge is 2.26. The first-order valence-corrected chi connectivity index (χ1v) is 10.8. The van der Waals surface area contributed by atoms with Crippen LogP contribution in [0.2, 0.25) is 0 Å². The first-order chi connectivity index (χ1) is 14.0. The maximum absolute atomic E-state index is 12.3. The molecule has 1 fully saturated rings. The topological polar surface area (TPSA) is 56.9 Å². The molecule has 1 N–H and O–H groups in total. The van der Waals surface area contributed by atoms with Gasteiger partial charge in [-0.15, -0.1) is 0 Å². The fourth-order valence-corrected chi connectivity index (χ4v) is 4.07. The number of amides is 1. The molecule has 0 radical (unpaired) electrons. The molecule has 1 saturated heterocycles. The Morgan fingerprint density at radius 3 is 2.52 bits per heavy atom. The van der Waals surface area contributed by atoms with Gasteiger partial charge < -0.3 is 14.4 Å². The molecule has 0 saturated carbocycles. The zero-order valence-electron chi connectivity index (χ0n) is 17.7. The lowest BCUT2D eigenvalue weighted by atomic mass is 9.95. The van der Waals surface area contributed by atoms with Crippen molar-refractivity contribution in [3.63, 3.8) is 0 Å². The summed E-state index contributed by atoms with van der Waals surface area (Å²) in [4.78, 5) is 16.7. The summed E-state index contributed by atoms with van der Waals surface area (Å²) in [6.45, 7) is 8.12. The van der Waals surface area contributed by atoms with Crippen molar-refractivity contribution in [2.24, 2.45) is 11.8 Å². The van der Waals surface area contributed by atoms with Crippen molar-refractivity contribution in [2.75, 3.05) is 26.2 Å². The third-order valence-corrected chi connectivity index (χ3v) is 5.62. The second-order valence-corrected chi connectivity index (χ2v) is 8.63. The molecular weight excluding hydrogens is 364 g/mol. The minimum Gasteiger partial charge on any atom is -0.467 e. The number of rotatable bonds is 9. The number of carbonyl (C=O) groups excluding carboxylic acids is 1. The quantitative estimate of drug-likeness (QED) is 0.691. The van der Waals surface area contributed by atoms with E-state index in [4.69, 9.17) is 4.42 Å². The summed E-state index contributed by atoms with van der Waals surface area (Å²) in [7, 11) is 0. The van der Waals surface area contributed by atoms with E-state index in [1.54, 1.807) is 6.26 Å². The monoisotopic (exact) mass is 398 g/mol. The highest BCUT2D eigenvalue weighted by Crippen LogP contribution is 2.23. The van der Waals surface area contributed by atoms with E-state index >= 15 is 0 Å². The Bertz CT molecular complexity index is 722. The van der Waals surface area contributed by atoms with Crippen molar-refractivity contribution in [3.05, 3.63) is 60.1 Å². The van der Waals surface area contributed by atoms with Gasteiger partial charge in [0.05, 0.1) is 6.26 Å². The Hall–Kier alpha value is -2.11. The minimum atomic E-state index is -0.638. The van der Waals surface area contributed by atoms with Crippen LogP contribution < -0.4 is 0 Å². The third-order valence-electron chi connectivity index (χ3n) is 5.62. The maximum Gasteiger partial charge on any atom is 0.222 e. The molecule has 1 aromatic carbocycles. The van der Waals surface area contributed by atoms with Crippen LogP contribution in [0.4, 0.5) is 0 Å². The third kappa shape index (κ3) is 6.72.